The Balaban J connectivity index is 1.37. The second kappa shape index (κ2) is 9.42. The second-order valence-corrected chi connectivity index (χ2v) is 8.26. The smallest absolute Gasteiger partial charge is 0.251 e. The molecule has 0 spiro atoms. The average Bonchev–Trinajstić information content (AvgIpc) is 3.54. The summed E-state index contributed by atoms with van der Waals surface area (Å²) in [6, 6.07) is 17.4. The molecule has 33 heavy (non-hydrogen) atoms. The molecular formula is C26H27N5O2. The van der Waals surface area contributed by atoms with Crippen LogP contribution in [0.4, 0.5) is 0 Å². The fourth-order valence-electron chi connectivity index (χ4n) is 4.29. The molecule has 7 heteroatoms. The molecule has 7 nitrogen and oxygen atoms in total. The summed E-state index contributed by atoms with van der Waals surface area (Å²) in [5.74, 6) is 1.43. The maximum absolute atomic E-state index is 12.7. The van der Waals surface area contributed by atoms with Gasteiger partial charge >= 0.3 is 0 Å². The van der Waals surface area contributed by atoms with Gasteiger partial charge in [-0.25, -0.2) is 9.97 Å². The number of benzene rings is 2. The van der Waals surface area contributed by atoms with Gasteiger partial charge in [-0.2, -0.15) is 0 Å². The molecule has 2 N–H and O–H groups in total. The lowest BCUT2D eigenvalue weighted by Gasteiger charge is -2.14. The van der Waals surface area contributed by atoms with E-state index in [0.717, 1.165) is 47.6 Å². The molecule has 0 saturated carbocycles. The van der Waals surface area contributed by atoms with Crippen LogP contribution in [0, 0.1) is 0 Å². The van der Waals surface area contributed by atoms with Gasteiger partial charge in [0.25, 0.3) is 5.91 Å². The maximum atomic E-state index is 12.7. The quantitative estimate of drug-likeness (QED) is 0.451. The standard InChI is InChI=1S/C26H27N5O2/c1-33-21-9-7-18(8-10-21)22-11-12-27-25-23(22)29-24(30-25)19-5-4-6-20(17-19)26(32)28-13-16-31-14-2-3-15-31/h4-12,17H,2-3,13-16H2,1H3,(H,28,32)(H,27,29,30). The lowest BCUT2D eigenvalue weighted by Crippen LogP contribution is -2.33. The van der Waals surface area contributed by atoms with E-state index in [2.05, 4.69) is 20.2 Å². The second-order valence-electron chi connectivity index (χ2n) is 8.26. The van der Waals surface area contributed by atoms with Crippen molar-refractivity contribution in [3.8, 4) is 28.3 Å². The highest BCUT2D eigenvalue weighted by Crippen LogP contribution is 2.29. The van der Waals surface area contributed by atoms with E-state index in [1.165, 1.54) is 12.8 Å². The van der Waals surface area contributed by atoms with Gasteiger partial charge in [0.05, 0.1) is 7.11 Å². The van der Waals surface area contributed by atoms with Crippen LogP contribution in [0.2, 0.25) is 0 Å². The molecule has 5 rings (SSSR count). The Labute approximate surface area is 192 Å². The molecule has 0 bridgehead atoms. The van der Waals surface area contributed by atoms with Crippen molar-refractivity contribution in [3.63, 3.8) is 0 Å². The van der Waals surface area contributed by atoms with Gasteiger partial charge in [0.15, 0.2) is 5.65 Å². The number of pyridine rings is 1. The Morgan fingerprint density at radius 1 is 1.09 bits per heavy atom. The number of ether oxygens (including phenoxy) is 1. The summed E-state index contributed by atoms with van der Waals surface area (Å²) in [5.41, 5.74) is 4.99. The van der Waals surface area contributed by atoms with Crippen LogP contribution < -0.4 is 10.1 Å². The number of aromatic nitrogens is 3. The highest BCUT2D eigenvalue weighted by Gasteiger charge is 2.14. The first-order chi connectivity index (χ1) is 16.2. The third kappa shape index (κ3) is 4.59. The van der Waals surface area contributed by atoms with Crippen molar-refractivity contribution in [2.45, 2.75) is 12.8 Å². The van der Waals surface area contributed by atoms with Gasteiger partial charge in [0.1, 0.15) is 17.1 Å². The Hall–Kier alpha value is -3.71. The Morgan fingerprint density at radius 3 is 2.70 bits per heavy atom. The van der Waals surface area contributed by atoms with Crippen molar-refractivity contribution in [2.75, 3.05) is 33.3 Å². The van der Waals surface area contributed by atoms with Gasteiger partial charge < -0.3 is 19.9 Å². The predicted octanol–water partition coefficient (Wildman–Crippen LogP) is 4.13. The van der Waals surface area contributed by atoms with Gasteiger partial charge in [0, 0.05) is 36.0 Å². The van der Waals surface area contributed by atoms with Crippen LogP contribution >= 0.6 is 0 Å². The van der Waals surface area contributed by atoms with Crippen LogP contribution in [0.25, 0.3) is 33.7 Å². The minimum atomic E-state index is -0.0656. The molecule has 0 radical (unpaired) electrons. The van der Waals surface area contributed by atoms with E-state index in [-0.39, 0.29) is 5.91 Å². The number of carbonyl (C=O) groups excluding carboxylic acids is 1. The van der Waals surface area contributed by atoms with Crippen molar-refractivity contribution in [1.82, 2.24) is 25.2 Å². The van der Waals surface area contributed by atoms with Gasteiger partial charge in [-0.05, 0) is 61.8 Å². The zero-order valence-electron chi connectivity index (χ0n) is 18.7. The van der Waals surface area contributed by atoms with E-state index in [0.29, 0.717) is 23.6 Å². The van der Waals surface area contributed by atoms with Crippen LogP contribution in [0.5, 0.6) is 5.75 Å². The van der Waals surface area contributed by atoms with Crippen molar-refractivity contribution < 1.29 is 9.53 Å². The molecule has 0 atom stereocenters. The Bertz CT molecular complexity index is 1260. The molecule has 1 aliphatic heterocycles. The normalized spacial score (nSPS) is 14.0. The van der Waals surface area contributed by atoms with Crippen LogP contribution in [0.3, 0.4) is 0 Å². The molecule has 4 aromatic rings. The summed E-state index contributed by atoms with van der Waals surface area (Å²) in [7, 11) is 1.65. The fraction of sp³-hybridized carbons (Fsp3) is 0.269. The number of hydrogen-bond acceptors (Lipinski definition) is 5. The SMILES string of the molecule is COc1ccc(-c2ccnc3[nH]c(-c4cccc(C(=O)NCCN5CCCC5)c4)nc23)cc1. The molecule has 3 heterocycles. The number of hydrogen-bond donors (Lipinski definition) is 2. The molecule has 1 fully saturated rings. The highest BCUT2D eigenvalue weighted by atomic mass is 16.5. The van der Waals surface area contributed by atoms with Gasteiger partial charge in [0.2, 0.25) is 0 Å². The maximum Gasteiger partial charge on any atom is 0.251 e. The molecule has 1 saturated heterocycles. The van der Waals surface area contributed by atoms with Crippen molar-refractivity contribution in [1.29, 1.82) is 0 Å². The zero-order chi connectivity index (χ0) is 22.6. The number of aromatic amines is 1. The summed E-state index contributed by atoms with van der Waals surface area (Å²) >= 11 is 0. The molecule has 0 unspecified atom stereocenters. The van der Waals surface area contributed by atoms with E-state index in [4.69, 9.17) is 9.72 Å². The molecule has 1 amide bonds. The summed E-state index contributed by atoms with van der Waals surface area (Å²) in [4.78, 5) is 27.7. The van der Waals surface area contributed by atoms with Crippen LogP contribution in [0.1, 0.15) is 23.2 Å². The molecular weight excluding hydrogens is 414 g/mol. The monoisotopic (exact) mass is 441 g/mol. The number of fused-ring (bicyclic) bond motifs is 1. The van der Waals surface area contributed by atoms with E-state index in [1.54, 1.807) is 13.3 Å². The first kappa shape index (κ1) is 21.2. The topological polar surface area (TPSA) is 83.1 Å². The minimum absolute atomic E-state index is 0.0656. The highest BCUT2D eigenvalue weighted by molar-refractivity contribution is 5.96. The minimum Gasteiger partial charge on any atom is -0.497 e. The lowest BCUT2D eigenvalue weighted by atomic mass is 10.1. The molecule has 168 valence electrons. The number of methoxy groups -OCH3 is 1. The molecule has 2 aromatic carbocycles. The van der Waals surface area contributed by atoms with E-state index >= 15 is 0 Å². The van der Waals surface area contributed by atoms with E-state index in [9.17, 15) is 4.79 Å². The summed E-state index contributed by atoms with van der Waals surface area (Å²) in [6.45, 7) is 3.81. The Kier molecular flexibility index (Phi) is 6.04. The van der Waals surface area contributed by atoms with Crippen LogP contribution in [0.15, 0.2) is 60.8 Å². The molecule has 2 aromatic heterocycles. The number of nitrogens with one attached hydrogen (secondary N) is 2. The summed E-state index contributed by atoms with van der Waals surface area (Å²) in [5, 5.41) is 3.04. The average molecular weight is 442 g/mol. The fourth-order valence-corrected chi connectivity index (χ4v) is 4.29. The number of H-pyrrole nitrogens is 1. The first-order valence-electron chi connectivity index (χ1n) is 11.3. The number of rotatable bonds is 7. The van der Waals surface area contributed by atoms with Gasteiger partial charge in [-0.3, -0.25) is 4.79 Å². The van der Waals surface area contributed by atoms with Crippen molar-refractivity contribution in [2.24, 2.45) is 0 Å². The predicted molar refractivity (Wildman–Crippen MR) is 129 cm³/mol. The van der Waals surface area contributed by atoms with E-state index < -0.39 is 0 Å². The number of imidazole rings is 1. The van der Waals surface area contributed by atoms with Crippen molar-refractivity contribution >= 4 is 17.1 Å². The zero-order valence-corrected chi connectivity index (χ0v) is 18.7. The largest absolute Gasteiger partial charge is 0.497 e. The number of likely N-dealkylation sites (tertiary alicyclic amines) is 1. The third-order valence-electron chi connectivity index (χ3n) is 6.10. The summed E-state index contributed by atoms with van der Waals surface area (Å²) in [6.07, 6.45) is 4.28. The number of carbonyl (C=O) groups is 1. The number of nitrogens with zero attached hydrogens (tertiary/aromatic N) is 3. The molecule has 1 aliphatic rings. The van der Waals surface area contributed by atoms with Gasteiger partial charge in [-0.1, -0.05) is 24.3 Å². The van der Waals surface area contributed by atoms with E-state index in [1.807, 2.05) is 54.6 Å². The first-order valence-corrected chi connectivity index (χ1v) is 11.3. The third-order valence-corrected chi connectivity index (χ3v) is 6.10. The van der Waals surface area contributed by atoms with Crippen LogP contribution in [-0.4, -0.2) is 59.0 Å². The van der Waals surface area contributed by atoms with Crippen molar-refractivity contribution in [3.05, 3.63) is 66.4 Å². The Morgan fingerprint density at radius 2 is 1.91 bits per heavy atom. The van der Waals surface area contributed by atoms with Gasteiger partial charge in [-0.15, -0.1) is 0 Å². The summed E-state index contributed by atoms with van der Waals surface area (Å²) < 4.78 is 5.27. The number of amides is 1. The lowest BCUT2D eigenvalue weighted by molar-refractivity contribution is 0.0950. The molecule has 0 aliphatic carbocycles. The van der Waals surface area contributed by atoms with Crippen LogP contribution in [-0.2, 0) is 0 Å².